The van der Waals surface area contributed by atoms with Gasteiger partial charge in [-0.1, -0.05) is 25.1 Å². The summed E-state index contributed by atoms with van der Waals surface area (Å²) in [5.41, 5.74) is 1.99. The lowest BCUT2D eigenvalue weighted by molar-refractivity contribution is 0.354. The van der Waals surface area contributed by atoms with Crippen LogP contribution in [0.3, 0.4) is 0 Å². The molecular formula is C20H24N4O2. The minimum absolute atomic E-state index is 0.620. The van der Waals surface area contributed by atoms with Crippen molar-refractivity contribution in [3.8, 4) is 11.5 Å². The second-order valence-corrected chi connectivity index (χ2v) is 5.88. The van der Waals surface area contributed by atoms with E-state index in [4.69, 9.17) is 9.47 Å². The Bertz CT molecular complexity index is 883. The minimum atomic E-state index is 0.620. The van der Waals surface area contributed by atoms with Gasteiger partial charge in [-0.2, -0.15) is 4.98 Å². The first-order chi connectivity index (χ1) is 12.7. The van der Waals surface area contributed by atoms with Crippen LogP contribution in [0.5, 0.6) is 11.5 Å². The summed E-state index contributed by atoms with van der Waals surface area (Å²) in [4.78, 5) is 9.22. The number of hydrogen-bond donors (Lipinski definition) is 2. The van der Waals surface area contributed by atoms with Crippen molar-refractivity contribution in [2.24, 2.45) is 0 Å². The number of nitrogens with one attached hydrogen (secondary N) is 2. The van der Waals surface area contributed by atoms with Gasteiger partial charge in [-0.25, -0.2) is 4.98 Å². The Labute approximate surface area is 153 Å². The molecule has 0 saturated heterocycles. The van der Waals surface area contributed by atoms with Crippen molar-refractivity contribution in [2.45, 2.75) is 19.9 Å². The fraction of sp³-hybridized carbons (Fsp3) is 0.300. The lowest BCUT2D eigenvalue weighted by Gasteiger charge is -2.13. The van der Waals surface area contributed by atoms with E-state index in [2.05, 4.69) is 27.5 Å². The topological polar surface area (TPSA) is 68.3 Å². The summed E-state index contributed by atoms with van der Waals surface area (Å²) in [6, 6.07) is 13.9. The van der Waals surface area contributed by atoms with Crippen molar-refractivity contribution < 1.29 is 9.47 Å². The molecule has 26 heavy (non-hydrogen) atoms. The molecule has 3 rings (SSSR count). The van der Waals surface area contributed by atoms with Gasteiger partial charge in [0.05, 0.1) is 19.7 Å². The largest absolute Gasteiger partial charge is 0.493 e. The summed E-state index contributed by atoms with van der Waals surface area (Å²) in [6.07, 6.45) is 1.02. The van der Waals surface area contributed by atoms with Gasteiger partial charge >= 0.3 is 0 Å². The van der Waals surface area contributed by atoms with Crippen LogP contribution in [0, 0.1) is 0 Å². The van der Waals surface area contributed by atoms with Gasteiger partial charge in [0.2, 0.25) is 5.95 Å². The van der Waals surface area contributed by atoms with Gasteiger partial charge in [0.15, 0.2) is 11.5 Å². The highest BCUT2D eigenvalue weighted by atomic mass is 16.5. The molecular weight excluding hydrogens is 328 g/mol. The Kier molecular flexibility index (Phi) is 5.73. The number of hydrogen-bond acceptors (Lipinski definition) is 6. The van der Waals surface area contributed by atoms with Gasteiger partial charge in [-0.3, -0.25) is 0 Å². The average Bonchev–Trinajstić information content (AvgIpc) is 2.70. The van der Waals surface area contributed by atoms with Crippen molar-refractivity contribution in [2.75, 3.05) is 31.4 Å². The first-order valence-electron chi connectivity index (χ1n) is 8.70. The van der Waals surface area contributed by atoms with E-state index in [-0.39, 0.29) is 0 Å². The zero-order chi connectivity index (χ0) is 18.4. The predicted molar refractivity (Wildman–Crippen MR) is 105 cm³/mol. The van der Waals surface area contributed by atoms with E-state index in [0.717, 1.165) is 41.0 Å². The van der Waals surface area contributed by atoms with Gasteiger partial charge in [0, 0.05) is 18.5 Å². The second kappa shape index (κ2) is 8.38. The Hall–Kier alpha value is -3.02. The van der Waals surface area contributed by atoms with E-state index in [9.17, 15) is 0 Å². The van der Waals surface area contributed by atoms with Crippen LogP contribution in [0.15, 0.2) is 42.5 Å². The highest BCUT2D eigenvalue weighted by molar-refractivity contribution is 5.90. The molecule has 6 heteroatoms. The van der Waals surface area contributed by atoms with Gasteiger partial charge < -0.3 is 20.1 Å². The second-order valence-electron chi connectivity index (χ2n) is 5.88. The van der Waals surface area contributed by atoms with Crippen LogP contribution in [0.4, 0.5) is 11.8 Å². The number of rotatable bonds is 8. The van der Waals surface area contributed by atoms with Crippen LogP contribution in [0.2, 0.25) is 0 Å². The lowest BCUT2D eigenvalue weighted by Crippen LogP contribution is -2.08. The zero-order valence-electron chi connectivity index (χ0n) is 15.4. The number of aromatic nitrogens is 2. The standard InChI is InChI=1S/C20H24N4O2/c1-4-11-21-20-23-16-8-6-5-7-15(16)19(24-20)22-13-14-9-10-17(25-2)18(12-14)26-3/h5-10,12H,4,11,13H2,1-3H3,(H2,21,22,23,24). The van der Waals surface area contributed by atoms with Crippen LogP contribution in [0.25, 0.3) is 10.9 Å². The summed E-state index contributed by atoms with van der Waals surface area (Å²) in [7, 11) is 3.27. The van der Waals surface area contributed by atoms with Crippen LogP contribution < -0.4 is 20.1 Å². The zero-order valence-corrected chi connectivity index (χ0v) is 15.4. The molecule has 1 heterocycles. The molecule has 1 aromatic heterocycles. The molecule has 6 nitrogen and oxygen atoms in total. The lowest BCUT2D eigenvalue weighted by atomic mass is 10.2. The smallest absolute Gasteiger partial charge is 0.225 e. The van der Waals surface area contributed by atoms with Gasteiger partial charge in [-0.15, -0.1) is 0 Å². The van der Waals surface area contributed by atoms with Crippen molar-refractivity contribution in [3.05, 3.63) is 48.0 Å². The first kappa shape index (κ1) is 17.8. The summed E-state index contributed by atoms with van der Waals surface area (Å²) >= 11 is 0. The molecule has 0 bridgehead atoms. The predicted octanol–water partition coefficient (Wildman–Crippen LogP) is 4.08. The van der Waals surface area contributed by atoms with E-state index in [0.29, 0.717) is 18.2 Å². The fourth-order valence-electron chi connectivity index (χ4n) is 2.70. The molecule has 0 amide bonds. The molecule has 0 aliphatic carbocycles. The number of para-hydroxylation sites is 1. The molecule has 0 fully saturated rings. The van der Waals surface area contributed by atoms with Crippen LogP contribution in [-0.2, 0) is 6.54 Å². The SMILES string of the molecule is CCCNc1nc(NCc2ccc(OC)c(OC)c2)c2ccccc2n1. The molecule has 0 spiro atoms. The monoisotopic (exact) mass is 352 g/mol. The highest BCUT2D eigenvalue weighted by Crippen LogP contribution is 2.28. The van der Waals surface area contributed by atoms with Crippen molar-refractivity contribution in [1.29, 1.82) is 0 Å². The van der Waals surface area contributed by atoms with Crippen LogP contribution >= 0.6 is 0 Å². The quantitative estimate of drug-likeness (QED) is 0.637. The van der Waals surface area contributed by atoms with Gasteiger partial charge in [-0.05, 0) is 36.2 Å². The molecule has 3 aromatic rings. The molecule has 0 unspecified atom stereocenters. The molecule has 0 aliphatic heterocycles. The summed E-state index contributed by atoms with van der Waals surface area (Å²) < 4.78 is 10.7. The number of ether oxygens (including phenoxy) is 2. The summed E-state index contributed by atoms with van der Waals surface area (Å²) in [5, 5.41) is 7.68. The van der Waals surface area contributed by atoms with Crippen LogP contribution in [0.1, 0.15) is 18.9 Å². The molecule has 2 N–H and O–H groups in total. The molecule has 0 aliphatic rings. The first-order valence-corrected chi connectivity index (χ1v) is 8.70. The highest BCUT2D eigenvalue weighted by Gasteiger charge is 2.09. The molecule has 0 radical (unpaired) electrons. The number of methoxy groups -OCH3 is 2. The number of fused-ring (bicyclic) bond motifs is 1. The fourth-order valence-corrected chi connectivity index (χ4v) is 2.70. The normalized spacial score (nSPS) is 10.6. The van der Waals surface area contributed by atoms with E-state index >= 15 is 0 Å². The maximum atomic E-state index is 5.37. The van der Waals surface area contributed by atoms with Crippen LogP contribution in [-0.4, -0.2) is 30.7 Å². The third-order valence-electron chi connectivity index (χ3n) is 4.04. The average molecular weight is 352 g/mol. The maximum absolute atomic E-state index is 5.37. The third kappa shape index (κ3) is 3.96. The molecule has 0 saturated carbocycles. The van der Waals surface area contributed by atoms with Crippen molar-refractivity contribution in [3.63, 3.8) is 0 Å². The Morgan fingerprint density at radius 1 is 0.923 bits per heavy atom. The molecule has 136 valence electrons. The molecule has 2 aromatic carbocycles. The molecule has 0 atom stereocenters. The van der Waals surface area contributed by atoms with Gasteiger partial charge in [0.1, 0.15) is 5.82 Å². The van der Waals surface area contributed by atoms with Crippen molar-refractivity contribution >= 4 is 22.7 Å². The van der Waals surface area contributed by atoms with E-state index in [1.165, 1.54) is 0 Å². The van der Waals surface area contributed by atoms with E-state index in [1.54, 1.807) is 14.2 Å². The number of benzene rings is 2. The summed E-state index contributed by atoms with van der Waals surface area (Å²) in [5.74, 6) is 2.88. The third-order valence-corrected chi connectivity index (χ3v) is 4.04. The van der Waals surface area contributed by atoms with Gasteiger partial charge in [0.25, 0.3) is 0 Å². The van der Waals surface area contributed by atoms with Crippen molar-refractivity contribution in [1.82, 2.24) is 9.97 Å². The Morgan fingerprint density at radius 3 is 2.50 bits per heavy atom. The minimum Gasteiger partial charge on any atom is -0.493 e. The Morgan fingerprint density at radius 2 is 1.73 bits per heavy atom. The van der Waals surface area contributed by atoms with E-state index in [1.807, 2.05) is 42.5 Å². The summed E-state index contributed by atoms with van der Waals surface area (Å²) in [6.45, 7) is 3.58. The maximum Gasteiger partial charge on any atom is 0.225 e. The van der Waals surface area contributed by atoms with E-state index < -0.39 is 0 Å². The number of nitrogens with zero attached hydrogens (tertiary/aromatic N) is 2. The Balaban J connectivity index is 1.85. The number of anilines is 2.